The molecule has 1 unspecified atom stereocenters. The van der Waals surface area contributed by atoms with Gasteiger partial charge in [-0.3, -0.25) is 0 Å². The van der Waals surface area contributed by atoms with Crippen LogP contribution in [0.2, 0.25) is 0 Å². The topological polar surface area (TPSA) is 66.5 Å². The van der Waals surface area contributed by atoms with Crippen LogP contribution in [0.3, 0.4) is 0 Å². The first-order valence-electron chi connectivity index (χ1n) is 3.87. The maximum Gasteiger partial charge on any atom is 0.119 e. The van der Waals surface area contributed by atoms with E-state index in [1.807, 2.05) is 6.92 Å². The van der Waals surface area contributed by atoms with Crippen molar-refractivity contribution >= 4 is 12.4 Å². The summed E-state index contributed by atoms with van der Waals surface area (Å²) < 4.78 is 0. The lowest BCUT2D eigenvalue weighted by Crippen LogP contribution is -2.08. The highest BCUT2D eigenvalue weighted by atomic mass is 35.5. The average molecular weight is 204 g/mol. The van der Waals surface area contributed by atoms with Crippen LogP contribution >= 0.6 is 12.4 Å². The second-order valence-electron chi connectivity index (χ2n) is 2.88. The van der Waals surface area contributed by atoms with Crippen LogP contribution in [0, 0.1) is 0 Å². The molecule has 0 saturated heterocycles. The smallest absolute Gasteiger partial charge is 0.119 e. The van der Waals surface area contributed by atoms with Gasteiger partial charge in [0.2, 0.25) is 0 Å². The van der Waals surface area contributed by atoms with Gasteiger partial charge in [-0.25, -0.2) is 0 Å². The van der Waals surface area contributed by atoms with Crippen LogP contribution in [0.5, 0.6) is 11.5 Å². The molecular weight excluding hydrogens is 190 g/mol. The van der Waals surface area contributed by atoms with Crippen molar-refractivity contribution in [2.75, 3.05) is 6.54 Å². The number of phenolic OH excluding ortho intramolecular Hbond substituents is 2. The van der Waals surface area contributed by atoms with Gasteiger partial charge in [0.15, 0.2) is 0 Å². The Bertz CT molecular complexity index is 278. The summed E-state index contributed by atoms with van der Waals surface area (Å²) in [5.41, 5.74) is 6.12. The number of hydrogen-bond donors (Lipinski definition) is 3. The molecular formula is C9H14ClNO2. The lowest BCUT2D eigenvalue weighted by atomic mass is 10.0. The molecule has 4 heteroatoms. The summed E-state index contributed by atoms with van der Waals surface area (Å²) in [7, 11) is 0. The maximum atomic E-state index is 9.37. The fourth-order valence-corrected chi connectivity index (χ4v) is 1.06. The predicted octanol–water partition coefficient (Wildman–Crippen LogP) is 1.58. The maximum absolute atomic E-state index is 9.37. The Labute approximate surface area is 83.6 Å². The molecule has 1 atom stereocenters. The predicted molar refractivity (Wildman–Crippen MR) is 54.5 cm³/mol. The zero-order chi connectivity index (χ0) is 9.14. The Kier molecular flexibility index (Phi) is 4.59. The van der Waals surface area contributed by atoms with Crippen molar-refractivity contribution in [1.29, 1.82) is 0 Å². The minimum Gasteiger partial charge on any atom is -0.508 e. The van der Waals surface area contributed by atoms with Gasteiger partial charge in [0.1, 0.15) is 11.5 Å². The molecule has 0 aliphatic carbocycles. The fourth-order valence-electron chi connectivity index (χ4n) is 1.06. The van der Waals surface area contributed by atoms with E-state index in [1.165, 1.54) is 18.2 Å². The summed E-state index contributed by atoms with van der Waals surface area (Å²) in [4.78, 5) is 0. The standard InChI is InChI=1S/C9H13NO2.ClH/c1-6(5-10)8-4-7(11)2-3-9(8)12;/h2-4,6,11-12H,5,10H2,1H3;1H. The van der Waals surface area contributed by atoms with Gasteiger partial charge in [0, 0.05) is 5.56 Å². The molecule has 1 rings (SSSR count). The van der Waals surface area contributed by atoms with E-state index in [9.17, 15) is 5.11 Å². The summed E-state index contributed by atoms with van der Waals surface area (Å²) in [5, 5.41) is 18.5. The van der Waals surface area contributed by atoms with Gasteiger partial charge < -0.3 is 15.9 Å². The third-order valence-electron chi connectivity index (χ3n) is 1.90. The second-order valence-corrected chi connectivity index (χ2v) is 2.88. The highest BCUT2D eigenvalue weighted by Gasteiger charge is 2.08. The number of halogens is 1. The Morgan fingerprint density at radius 2 is 2.00 bits per heavy atom. The molecule has 1 aromatic carbocycles. The second kappa shape index (κ2) is 4.94. The Hall–Kier alpha value is -0.930. The van der Waals surface area contributed by atoms with Crippen molar-refractivity contribution in [2.45, 2.75) is 12.8 Å². The molecule has 3 nitrogen and oxygen atoms in total. The molecule has 0 saturated carbocycles. The van der Waals surface area contributed by atoms with Crippen LogP contribution in [-0.2, 0) is 0 Å². The lowest BCUT2D eigenvalue weighted by Gasteiger charge is -2.10. The highest BCUT2D eigenvalue weighted by molar-refractivity contribution is 5.85. The summed E-state index contributed by atoms with van der Waals surface area (Å²) in [6.07, 6.45) is 0. The zero-order valence-electron chi connectivity index (χ0n) is 7.40. The van der Waals surface area contributed by atoms with Crippen LogP contribution in [0.4, 0.5) is 0 Å². The van der Waals surface area contributed by atoms with Crippen LogP contribution in [0.1, 0.15) is 18.4 Å². The number of nitrogens with two attached hydrogens (primary N) is 1. The number of rotatable bonds is 2. The molecule has 0 heterocycles. The van der Waals surface area contributed by atoms with E-state index >= 15 is 0 Å². The molecule has 1 aromatic rings. The van der Waals surface area contributed by atoms with Crippen LogP contribution < -0.4 is 5.73 Å². The zero-order valence-corrected chi connectivity index (χ0v) is 8.21. The average Bonchev–Trinajstić information content (AvgIpc) is 2.08. The molecule has 0 aliphatic heterocycles. The molecule has 0 spiro atoms. The van der Waals surface area contributed by atoms with Crippen molar-refractivity contribution in [2.24, 2.45) is 5.73 Å². The van der Waals surface area contributed by atoms with E-state index in [4.69, 9.17) is 10.8 Å². The largest absolute Gasteiger partial charge is 0.508 e. The van der Waals surface area contributed by atoms with Gasteiger partial charge in [-0.05, 0) is 30.7 Å². The normalized spacial score (nSPS) is 11.8. The van der Waals surface area contributed by atoms with Crippen LogP contribution in [0.25, 0.3) is 0 Å². The van der Waals surface area contributed by atoms with Crippen molar-refractivity contribution < 1.29 is 10.2 Å². The minimum absolute atomic E-state index is 0. The first-order valence-corrected chi connectivity index (χ1v) is 3.87. The molecule has 0 bridgehead atoms. The number of aromatic hydroxyl groups is 2. The molecule has 0 amide bonds. The quantitative estimate of drug-likeness (QED) is 0.640. The van der Waals surface area contributed by atoms with E-state index in [0.29, 0.717) is 12.1 Å². The van der Waals surface area contributed by atoms with Crippen molar-refractivity contribution in [1.82, 2.24) is 0 Å². The molecule has 4 N–H and O–H groups in total. The van der Waals surface area contributed by atoms with Gasteiger partial charge >= 0.3 is 0 Å². The number of phenols is 2. The van der Waals surface area contributed by atoms with Gasteiger partial charge in [-0.2, -0.15) is 0 Å². The summed E-state index contributed by atoms with van der Waals surface area (Å²) in [5.74, 6) is 0.408. The third kappa shape index (κ3) is 2.79. The first-order chi connectivity index (χ1) is 5.65. The Balaban J connectivity index is 0.00000144. The fraction of sp³-hybridized carbons (Fsp3) is 0.333. The molecule has 13 heavy (non-hydrogen) atoms. The van der Waals surface area contributed by atoms with Gasteiger partial charge in [-0.15, -0.1) is 12.4 Å². The minimum atomic E-state index is 0. The van der Waals surface area contributed by atoms with E-state index in [0.717, 1.165) is 0 Å². The summed E-state index contributed by atoms with van der Waals surface area (Å²) in [6, 6.07) is 4.45. The molecule has 74 valence electrons. The number of benzene rings is 1. The lowest BCUT2D eigenvalue weighted by molar-refractivity contribution is 0.450. The van der Waals surface area contributed by atoms with Crippen LogP contribution in [0.15, 0.2) is 18.2 Å². The van der Waals surface area contributed by atoms with Gasteiger partial charge in [0.05, 0.1) is 0 Å². The monoisotopic (exact) mass is 203 g/mol. The molecule has 0 fully saturated rings. The van der Waals surface area contributed by atoms with Crippen molar-refractivity contribution in [3.05, 3.63) is 23.8 Å². The summed E-state index contributed by atoms with van der Waals surface area (Å²) >= 11 is 0. The number of hydrogen-bond acceptors (Lipinski definition) is 3. The van der Waals surface area contributed by atoms with E-state index in [-0.39, 0.29) is 29.8 Å². The van der Waals surface area contributed by atoms with Crippen LogP contribution in [-0.4, -0.2) is 16.8 Å². The van der Waals surface area contributed by atoms with Crippen molar-refractivity contribution in [3.63, 3.8) is 0 Å². The Morgan fingerprint density at radius 1 is 1.38 bits per heavy atom. The SMILES string of the molecule is CC(CN)c1cc(O)ccc1O.Cl. The molecule has 0 aliphatic rings. The van der Waals surface area contributed by atoms with Crippen molar-refractivity contribution in [3.8, 4) is 11.5 Å². The van der Waals surface area contributed by atoms with E-state index in [2.05, 4.69) is 0 Å². The first kappa shape index (κ1) is 12.1. The highest BCUT2D eigenvalue weighted by Crippen LogP contribution is 2.28. The van der Waals surface area contributed by atoms with Gasteiger partial charge in [-0.1, -0.05) is 6.92 Å². The van der Waals surface area contributed by atoms with E-state index in [1.54, 1.807) is 0 Å². The Morgan fingerprint density at radius 3 is 2.54 bits per heavy atom. The third-order valence-corrected chi connectivity index (χ3v) is 1.90. The molecule has 0 aromatic heterocycles. The summed E-state index contributed by atoms with van der Waals surface area (Å²) in [6.45, 7) is 2.35. The van der Waals surface area contributed by atoms with E-state index < -0.39 is 0 Å². The van der Waals surface area contributed by atoms with Gasteiger partial charge in [0.25, 0.3) is 0 Å². The molecule has 0 radical (unpaired) electrons.